The van der Waals surface area contributed by atoms with Crippen LogP contribution in [0.1, 0.15) is 30.1 Å². The minimum absolute atomic E-state index is 0.0482. The molecule has 0 bridgehead atoms. The van der Waals surface area contributed by atoms with Gasteiger partial charge in [0, 0.05) is 22.7 Å². The number of nitrogens with one attached hydrogen (secondary N) is 2. The Bertz CT molecular complexity index is 708. The molecule has 2 aliphatic heterocycles. The van der Waals surface area contributed by atoms with E-state index in [2.05, 4.69) is 4.98 Å². The number of H-pyrrole nitrogens is 1. The Morgan fingerprint density at radius 2 is 1.91 bits per heavy atom. The molecule has 0 saturated carbocycles. The Morgan fingerprint density at radius 1 is 1.22 bits per heavy atom. The van der Waals surface area contributed by atoms with E-state index >= 15 is 0 Å². The predicted octanol–water partition coefficient (Wildman–Crippen LogP) is 1.16. The molecule has 1 aromatic carbocycles. The van der Waals surface area contributed by atoms with Crippen molar-refractivity contribution in [2.24, 2.45) is 0 Å². The first-order chi connectivity index (χ1) is 11.2. The zero-order chi connectivity index (χ0) is 15.9. The van der Waals surface area contributed by atoms with Crippen molar-refractivity contribution in [2.75, 3.05) is 26.3 Å². The van der Waals surface area contributed by atoms with Gasteiger partial charge in [-0.15, -0.1) is 0 Å². The van der Waals surface area contributed by atoms with Gasteiger partial charge in [0.05, 0.1) is 39.1 Å². The number of quaternary nitrogens is 1. The van der Waals surface area contributed by atoms with Crippen LogP contribution < -0.4 is 4.90 Å². The Balaban J connectivity index is 1.48. The summed E-state index contributed by atoms with van der Waals surface area (Å²) in [6, 6.07) is 7.92. The number of para-hydroxylation sites is 1. The summed E-state index contributed by atoms with van der Waals surface area (Å²) in [5.41, 5.74) is 1.82. The van der Waals surface area contributed by atoms with Crippen LogP contribution in [0.5, 0.6) is 0 Å². The summed E-state index contributed by atoms with van der Waals surface area (Å²) in [7, 11) is 0. The summed E-state index contributed by atoms with van der Waals surface area (Å²) < 4.78 is 11.5. The lowest BCUT2D eigenvalue weighted by molar-refractivity contribution is -0.921. The molecule has 2 aromatic rings. The third-order valence-electron chi connectivity index (χ3n) is 5.33. The summed E-state index contributed by atoms with van der Waals surface area (Å²) in [6.07, 6.45) is 3.58. The lowest BCUT2D eigenvalue weighted by atomic mass is 9.98. The van der Waals surface area contributed by atoms with E-state index in [1.54, 1.807) is 0 Å². The molecule has 0 radical (unpaired) electrons. The van der Waals surface area contributed by atoms with E-state index in [0.29, 0.717) is 13.2 Å². The number of likely N-dealkylation sites (tertiary alicyclic amines) is 1. The van der Waals surface area contributed by atoms with Gasteiger partial charge in [0.2, 0.25) is 5.78 Å². The van der Waals surface area contributed by atoms with Crippen LogP contribution in [0.4, 0.5) is 0 Å². The lowest BCUT2D eigenvalue weighted by Gasteiger charge is -2.37. The number of carbonyl (C=O) groups is 1. The zero-order valence-electron chi connectivity index (χ0n) is 13.4. The van der Waals surface area contributed by atoms with Gasteiger partial charge in [-0.25, -0.2) is 0 Å². The molecule has 4 rings (SSSR count). The molecule has 2 saturated heterocycles. The Labute approximate surface area is 135 Å². The van der Waals surface area contributed by atoms with Crippen molar-refractivity contribution < 1.29 is 19.2 Å². The van der Waals surface area contributed by atoms with Crippen LogP contribution in [0.25, 0.3) is 10.9 Å². The maximum atomic E-state index is 12.9. The number of hydrogen-bond donors (Lipinski definition) is 2. The number of carbonyl (C=O) groups excluding carboxylic acids is 1. The van der Waals surface area contributed by atoms with Crippen molar-refractivity contribution >= 4 is 16.7 Å². The number of Topliss-reactive ketones (excluding diaryl/α,β-unsaturated/α-hetero) is 1. The fourth-order valence-electron chi connectivity index (χ4n) is 3.86. The standard InChI is InChI=1S/C18H22N2O3/c1-13(20-8-6-18(7-9-20)22-10-11-23-18)17(21)15-12-19-16-5-3-2-4-14(15)16/h2-5,12-13,19H,6-11H2,1H3/p+1/t13-/m1/s1. The van der Waals surface area contributed by atoms with E-state index in [9.17, 15) is 4.79 Å². The first kappa shape index (κ1) is 14.9. The van der Waals surface area contributed by atoms with Crippen molar-refractivity contribution in [1.29, 1.82) is 0 Å². The van der Waals surface area contributed by atoms with E-state index in [-0.39, 0.29) is 17.6 Å². The largest absolute Gasteiger partial charge is 0.360 e. The van der Waals surface area contributed by atoms with Crippen LogP contribution in [0, 0.1) is 0 Å². The molecule has 3 heterocycles. The van der Waals surface area contributed by atoms with E-state index in [4.69, 9.17) is 9.47 Å². The van der Waals surface area contributed by atoms with Gasteiger partial charge in [0.25, 0.3) is 0 Å². The Morgan fingerprint density at radius 3 is 2.65 bits per heavy atom. The average molecular weight is 315 g/mol. The molecule has 1 atom stereocenters. The molecule has 23 heavy (non-hydrogen) atoms. The summed E-state index contributed by atoms with van der Waals surface area (Å²) in [5, 5.41) is 1.01. The minimum atomic E-state index is -0.368. The number of ketones is 1. The van der Waals surface area contributed by atoms with Gasteiger partial charge in [-0.1, -0.05) is 18.2 Å². The summed E-state index contributed by atoms with van der Waals surface area (Å²) >= 11 is 0. The number of piperidine rings is 1. The highest BCUT2D eigenvalue weighted by Gasteiger charge is 2.43. The topological polar surface area (TPSA) is 55.8 Å². The zero-order valence-corrected chi connectivity index (χ0v) is 13.4. The van der Waals surface area contributed by atoms with Gasteiger partial charge >= 0.3 is 0 Å². The molecule has 0 amide bonds. The third kappa shape index (κ3) is 2.59. The van der Waals surface area contributed by atoms with Crippen LogP contribution in [-0.4, -0.2) is 48.9 Å². The van der Waals surface area contributed by atoms with E-state index in [1.165, 1.54) is 4.90 Å². The minimum Gasteiger partial charge on any atom is -0.360 e. The van der Waals surface area contributed by atoms with Crippen molar-refractivity contribution in [2.45, 2.75) is 31.6 Å². The second kappa shape index (κ2) is 5.74. The van der Waals surface area contributed by atoms with E-state index in [1.807, 2.05) is 37.4 Å². The molecule has 5 nitrogen and oxygen atoms in total. The highest BCUT2D eigenvalue weighted by Crippen LogP contribution is 2.27. The summed E-state index contributed by atoms with van der Waals surface area (Å²) in [5.74, 6) is -0.158. The molecular formula is C18H23N2O3+. The number of ether oxygens (including phenoxy) is 2. The molecule has 2 aliphatic rings. The summed E-state index contributed by atoms with van der Waals surface area (Å²) in [6.45, 7) is 5.25. The molecule has 122 valence electrons. The van der Waals surface area contributed by atoms with Crippen molar-refractivity contribution in [3.05, 3.63) is 36.0 Å². The first-order valence-corrected chi connectivity index (χ1v) is 8.41. The van der Waals surface area contributed by atoms with Crippen LogP contribution in [0.15, 0.2) is 30.5 Å². The second-order valence-corrected chi connectivity index (χ2v) is 6.60. The number of rotatable bonds is 3. The highest BCUT2D eigenvalue weighted by atomic mass is 16.7. The number of benzene rings is 1. The van der Waals surface area contributed by atoms with Gasteiger partial charge in [-0.2, -0.15) is 0 Å². The number of aromatic nitrogens is 1. The SMILES string of the molecule is C[C@H](C(=O)c1c[nH]c2ccccc12)[NH+]1CCC2(CC1)OCCO2. The fraction of sp³-hybridized carbons (Fsp3) is 0.500. The van der Waals surface area contributed by atoms with Crippen LogP contribution in [-0.2, 0) is 9.47 Å². The Kier molecular flexibility index (Phi) is 3.71. The number of fused-ring (bicyclic) bond motifs is 1. The fourth-order valence-corrected chi connectivity index (χ4v) is 3.86. The molecule has 0 unspecified atom stereocenters. The van der Waals surface area contributed by atoms with E-state index < -0.39 is 0 Å². The lowest BCUT2D eigenvalue weighted by Crippen LogP contribution is -3.17. The molecule has 5 heteroatoms. The van der Waals surface area contributed by atoms with Crippen LogP contribution >= 0.6 is 0 Å². The number of hydrogen-bond acceptors (Lipinski definition) is 3. The second-order valence-electron chi connectivity index (χ2n) is 6.60. The molecule has 1 aromatic heterocycles. The third-order valence-corrected chi connectivity index (χ3v) is 5.33. The first-order valence-electron chi connectivity index (χ1n) is 8.41. The van der Waals surface area contributed by atoms with Crippen LogP contribution in [0.2, 0.25) is 0 Å². The van der Waals surface area contributed by atoms with Gasteiger partial charge < -0.3 is 19.4 Å². The van der Waals surface area contributed by atoms with Gasteiger partial charge in [-0.05, 0) is 13.0 Å². The van der Waals surface area contributed by atoms with Crippen molar-refractivity contribution in [3.63, 3.8) is 0 Å². The smallest absolute Gasteiger partial charge is 0.221 e. The number of aromatic amines is 1. The van der Waals surface area contributed by atoms with Crippen molar-refractivity contribution in [1.82, 2.24) is 4.98 Å². The normalized spacial score (nSPS) is 22.7. The van der Waals surface area contributed by atoms with Gasteiger partial charge in [0.1, 0.15) is 6.04 Å². The van der Waals surface area contributed by atoms with Crippen molar-refractivity contribution in [3.8, 4) is 0 Å². The average Bonchev–Trinajstić information content (AvgIpc) is 3.21. The molecule has 2 fully saturated rings. The molecule has 1 spiro atoms. The monoisotopic (exact) mass is 315 g/mol. The molecular weight excluding hydrogens is 292 g/mol. The summed E-state index contributed by atoms with van der Waals surface area (Å²) in [4.78, 5) is 17.4. The maximum Gasteiger partial charge on any atom is 0.221 e. The molecule has 0 aliphatic carbocycles. The molecule has 2 N–H and O–H groups in total. The van der Waals surface area contributed by atoms with Gasteiger partial charge in [-0.3, -0.25) is 4.79 Å². The maximum absolute atomic E-state index is 12.9. The highest BCUT2D eigenvalue weighted by molar-refractivity contribution is 6.09. The quantitative estimate of drug-likeness (QED) is 0.836. The van der Waals surface area contributed by atoms with E-state index in [0.717, 1.165) is 42.4 Å². The van der Waals surface area contributed by atoms with Gasteiger partial charge in [0.15, 0.2) is 5.79 Å². The predicted molar refractivity (Wildman–Crippen MR) is 86.7 cm³/mol. The Hall–Kier alpha value is -1.69. The van der Waals surface area contributed by atoms with Crippen LogP contribution in [0.3, 0.4) is 0 Å².